The molecule has 30 heavy (non-hydrogen) atoms. The van der Waals surface area contributed by atoms with Gasteiger partial charge in [-0.05, 0) is 30.2 Å². The number of carbonyl (C=O) groups is 1. The van der Waals surface area contributed by atoms with Crippen LogP contribution in [0.15, 0.2) is 102 Å². The summed E-state index contributed by atoms with van der Waals surface area (Å²) < 4.78 is 0. The summed E-state index contributed by atoms with van der Waals surface area (Å²) in [6.07, 6.45) is 0. The lowest BCUT2D eigenvalue weighted by molar-refractivity contribution is 0.0880. The van der Waals surface area contributed by atoms with E-state index in [1.165, 1.54) is 0 Å². The molecular weight excluding hydrogens is 380 g/mol. The quantitative estimate of drug-likeness (QED) is 0.234. The molecule has 0 N–H and O–H groups in total. The van der Waals surface area contributed by atoms with Gasteiger partial charge in [-0.15, -0.1) is 5.73 Å². The van der Waals surface area contributed by atoms with E-state index >= 15 is 0 Å². The van der Waals surface area contributed by atoms with E-state index in [0.717, 1.165) is 27.5 Å². The molecule has 0 unspecified atom stereocenters. The summed E-state index contributed by atoms with van der Waals surface area (Å²) in [6.45, 7) is 11.0. The summed E-state index contributed by atoms with van der Waals surface area (Å²) in [4.78, 5) is 13.6. The number of hydrogen-bond acceptors (Lipinski definition) is 1. The number of rotatable bonds is 6. The van der Waals surface area contributed by atoms with E-state index in [1.54, 1.807) is 0 Å². The van der Waals surface area contributed by atoms with Gasteiger partial charge in [-0.1, -0.05) is 111 Å². The van der Waals surface area contributed by atoms with Gasteiger partial charge >= 0.3 is 0 Å². The molecule has 0 atom stereocenters. The van der Waals surface area contributed by atoms with Crippen LogP contribution >= 0.6 is 0 Å². The summed E-state index contributed by atoms with van der Waals surface area (Å²) >= 11 is 0. The van der Waals surface area contributed by atoms with Crippen molar-refractivity contribution < 1.29 is 4.79 Å². The van der Waals surface area contributed by atoms with Gasteiger partial charge in [0.1, 0.15) is 0 Å². The molecule has 3 aromatic rings. The molecule has 0 aliphatic rings. The summed E-state index contributed by atoms with van der Waals surface area (Å²) in [5, 5.41) is 1.13. The van der Waals surface area contributed by atoms with E-state index in [-0.39, 0.29) is 5.78 Å². The molecule has 0 radical (unpaired) electrons. The topological polar surface area (TPSA) is 17.1 Å². The van der Waals surface area contributed by atoms with Crippen LogP contribution in [0.25, 0.3) is 5.57 Å². The van der Waals surface area contributed by atoms with Crippen LogP contribution in [0.1, 0.15) is 35.3 Å². The molecule has 0 spiro atoms. The maximum Gasteiger partial charge on any atom is 0.172 e. The highest BCUT2D eigenvalue weighted by molar-refractivity contribution is 6.83. The van der Waals surface area contributed by atoms with Crippen LogP contribution in [-0.4, -0.2) is 13.9 Å². The monoisotopic (exact) mass is 410 g/mol. The molecule has 0 bridgehead atoms. The minimum Gasteiger partial charge on any atom is -0.293 e. The van der Waals surface area contributed by atoms with Gasteiger partial charge in [0, 0.05) is 11.1 Å². The van der Waals surface area contributed by atoms with Crippen molar-refractivity contribution in [3.63, 3.8) is 0 Å². The predicted octanol–water partition coefficient (Wildman–Crippen LogP) is 7.43. The van der Waals surface area contributed by atoms with Crippen molar-refractivity contribution in [1.29, 1.82) is 0 Å². The number of carbonyl (C=O) groups excluding carboxylic acids is 1. The van der Waals surface area contributed by atoms with Gasteiger partial charge in [-0.25, -0.2) is 0 Å². The third-order valence-corrected chi connectivity index (χ3v) is 7.60. The Kier molecular flexibility index (Phi) is 6.41. The minimum absolute atomic E-state index is 0.147. The molecule has 0 amide bonds. The molecule has 152 valence electrons. The van der Waals surface area contributed by atoms with Gasteiger partial charge in [-0.3, -0.25) is 4.79 Å². The second-order valence-corrected chi connectivity index (χ2v) is 14.2. The lowest BCUT2D eigenvalue weighted by Crippen LogP contribution is -2.38. The van der Waals surface area contributed by atoms with E-state index in [9.17, 15) is 4.79 Å². The molecule has 0 saturated heterocycles. The highest BCUT2D eigenvalue weighted by Crippen LogP contribution is 2.37. The zero-order valence-electron chi connectivity index (χ0n) is 18.6. The van der Waals surface area contributed by atoms with Crippen LogP contribution in [-0.2, 0) is 0 Å². The van der Waals surface area contributed by atoms with Crippen molar-refractivity contribution in [2.45, 2.75) is 33.5 Å². The Labute approximate surface area is 181 Å². The standard InChI is InChI=1S/C28H30OSi/c1-28(2,27(29)24-19-13-8-14-20-24)26(30(3,4)5)21-25(22-15-9-6-10-16-22)23-17-11-7-12-18-23/h6-20H,1-5H3. The Balaban J connectivity index is 2.31. The van der Waals surface area contributed by atoms with E-state index in [0.29, 0.717) is 0 Å². The lowest BCUT2D eigenvalue weighted by Gasteiger charge is -2.33. The van der Waals surface area contributed by atoms with E-state index in [2.05, 4.69) is 87.8 Å². The maximum absolute atomic E-state index is 13.6. The third kappa shape index (κ3) is 4.79. The summed E-state index contributed by atoms with van der Waals surface area (Å²) in [5.41, 5.74) is 7.18. The number of allylic oxidation sites excluding steroid dienone is 1. The molecule has 0 aliphatic carbocycles. The number of Topliss-reactive ketones (excluding diaryl/α,β-unsaturated/α-hetero) is 1. The van der Waals surface area contributed by atoms with Crippen molar-refractivity contribution in [3.8, 4) is 0 Å². The maximum atomic E-state index is 13.6. The molecule has 0 saturated carbocycles. The fourth-order valence-corrected chi connectivity index (χ4v) is 6.48. The van der Waals surface area contributed by atoms with Crippen LogP contribution in [0.3, 0.4) is 0 Å². The lowest BCUT2D eigenvalue weighted by atomic mass is 9.83. The average molecular weight is 411 g/mol. The van der Waals surface area contributed by atoms with E-state index in [1.807, 2.05) is 42.5 Å². The first-order valence-electron chi connectivity index (χ1n) is 10.4. The predicted molar refractivity (Wildman–Crippen MR) is 130 cm³/mol. The van der Waals surface area contributed by atoms with Crippen LogP contribution < -0.4 is 0 Å². The Morgan fingerprint density at radius 1 is 0.667 bits per heavy atom. The van der Waals surface area contributed by atoms with Crippen molar-refractivity contribution in [1.82, 2.24) is 0 Å². The zero-order valence-corrected chi connectivity index (χ0v) is 19.6. The molecule has 3 rings (SSSR count). The first kappa shape index (κ1) is 21.8. The van der Waals surface area contributed by atoms with Gasteiger partial charge in [0.2, 0.25) is 0 Å². The number of benzene rings is 3. The molecule has 0 aromatic heterocycles. The fraction of sp³-hybridized carbons (Fsp3) is 0.214. The Morgan fingerprint density at radius 2 is 1.03 bits per heavy atom. The van der Waals surface area contributed by atoms with Gasteiger partial charge < -0.3 is 0 Å². The zero-order chi connectivity index (χ0) is 21.8. The van der Waals surface area contributed by atoms with E-state index in [4.69, 9.17) is 0 Å². The van der Waals surface area contributed by atoms with Crippen molar-refractivity contribution in [2.75, 3.05) is 0 Å². The molecule has 0 fully saturated rings. The first-order chi connectivity index (χ1) is 14.2. The summed E-state index contributed by atoms with van der Waals surface area (Å²) in [7, 11) is -1.88. The van der Waals surface area contributed by atoms with Gasteiger partial charge in [0.05, 0.1) is 13.5 Å². The smallest absolute Gasteiger partial charge is 0.172 e. The fourth-order valence-electron chi connectivity index (χ4n) is 3.99. The van der Waals surface area contributed by atoms with Gasteiger partial charge in [0.25, 0.3) is 0 Å². The number of ketones is 1. The molecule has 1 nitrogen and oxygen atoms in total. The largest absolute Gasteiger partial charge is 0.293 e. The number of hydrogen-bond donors (Lipinski definition) is 0. The van der Waals surface area contributed by atoms with Crippen LogP contribution in [0.4, 0.5) is 0 Å². The van der Waals surface area contributed by atoms with E-state index < -0.39 is 13.5 Å². The Hall–Kier alpha value is -2.93. The normalized spacial score (nSPS) is 11.5. The highest BCUT2D eigenvalue weighted by Gasteiger charge is 2.39. The highest BCUT2D eigenvalue weighted by atomic mass is 28.3. The van der Waals surface area contributed by atoms with Crippen LogP contribution in [0.2, 0.25) is 19.6 Å². The molecule has 2 heteroatoms. The van der Waals surface area contributed by atoms with Crippen molar-refractivity contribution in [2.24, 2.45) is 5.41 Å². The molecule has 0 aliphatic heterocycles. The van der Waals surface area contributed by atoms with Crippen molar-refractivity contribution in [3.05, 3.63) is 119 Å². The second-order valence-electron chi connectivity index (χ2n) is 9.18. The third-order valence-electron chi connectivity index (χ3n) is 5.35. The SMILES string of the molecule is CC(C)(C(=O)c1ccccc1)C(=C=C(c1ccccc1)c1ccccc1)[Si](C)(C)C. The molecular formula is C28H30OSi. The first-order valence-corrected chi connectivity index (χ1v) is 13.9. The second kappa shape index (κ2) is 8.83. The minimum atomic E-state index is -1.88. The summed E-state index contributed by atoms with van der Waals surface area (Å²) in [6, 6.07) is 30.3. The summed E-state index contributed by atoms with van der Waals surface area (Å²) in [5.74, 6) is 0.147. The molecule has 0 heterocycles. The van der Waals surface area contributed by atoms with Crippen LogP contribution in [0.5, 0.6) is 0 Å². The Morgan fingerprint density at radius 3 is 1.40 bits per heavy atom. The van der Waals surface area contributed by atoms with Gasteiger partial charge in [-0.2, -0.15) is 0 Å². The van der Waals surface area contributed by atoms with Crippen LogP contribution in [0, 0.1) is 5.41 Å². The van der Waals surface area contributed by atoms with Gasteiger partial charge in [0.15, 0.2) is 5.78 Å². The molecule has 3 aromatic carbocycles. The average Bonchev–Trinajstić information content (AvgIpc) is 2.74. The Bertz CT molecular complexity index is 1020. The van der Waals surface area contributed by atoms with Crippen molar-refractivity contribution >= 4 is 19.4 Å².